The standard InChI is InChI=1S/C20H24O6/c1-22-16-8-5-14(6-9-16)12-26-13-17(20(21)25-4)15-7-10-18(23-2)19(11-15)24-3/h5-11,17H,12-13H2,1-4H3. The van der Waals surface area contributed by atoms with E-state index < -0.39 is 5.92 Å². The summed E-state index contributed by atoms with van der Waals surface area (Å²) in [6.07, 6.45) is 0. The molecule has 0 fully saturated rings. The molecule has 0 saturated heterocycles. The zero-order valence-corrected chi connectivity index (χ0v) is 15.5. The molecule has 6 heteroatoms. The van der Waals surface area contributed by atoms with Crippen molar-refractivity contribution in [2.75, 3.05) is 35.0 Å². The highest BCUT2D eigenvalue weighted by molar-refractivity contribution is 5.78. The molecule has 0 heterocycles. The van der Waals surface area contributed by atoms with Crippen molar-refractivity contribution >= 4 is 5.97 Å². The van der Waals surface area contributed by atoms with E-state index >= 15 is 0 Å². The molecule has 1 unspecified atom stereocenters. The van der Waals surface area contributed by atoms with Gasteiger partial charge in [0.25, 0.3) is 0 Å². The molecule has 2 aromatic rings. The molecule has 0 amide bonds. The average Bonchev–Trinajstić information content (AvgIpc) is 2.70. The maximum Gasteiger partial charge on any atom is 0.315 e. The molecule has 2 aromatic carbocycles. The topological polar surface area (TPSA) is 63.2 Å². The number of rotatable bonds is 9. The summed E-state index contributed by atoms with van der Waals surface area (Å²) in [6.45, 7) is 0.568. The maximum absolute atomic E-state index is 12.2. The van der Waals surface area contributed by atoms with Crippen LogP contribution in [0.3, 0.4) is 0 Å². The lowest BCUT2D eigenvalue weighted by molar-refractivity contribution is -0.144. The molecule has 0 aromatic heterocycles. The zero-order chi connectivity index (χ0) is 18.9. The Morgan fingerprint density at radius 1 is 0.885 bits per heavy atom. The molecule has 1 atom stereocenters. The first kappa shape index (κ1) is 19.6. The lowest BCUT2D eigenvalue weighted by Gasteiger charge is -2.17. The summed E-state index contributed by atoms with van der Waals surface area (Å²) in [5.41, 5.74) is 1.73. The highest BCUT2D eigenvalue weighted by Gasteiger charge is 2.23. The van der Waals surface area contributed by atoms with Crippen LogP contribution in [0.2, 0.25) is 0 Å². The summed E-state index contributed by atoms with van der Waals surface area (Å²) in [7, 11) is 6.09. The van der Waals surface area contributed by atoms with Gasteiger partial charge in [-0.3, -0.25) is 4.79 Å². The molecule has 6 nitrogen and oxygen atoms in total. The van der Waals surface area contributed by atoms with E-state index in [1.807, 2.05) is 24.3 Å². The smallest absolute Gasteiger partial charge is 0.315 e. The van der Waals surface area contributed by atoms with Crippen LogP contribution < -0.4 is 14.2 Å². The van der Waals surface area contributed by atoms with Gasteiger partial charge in [0.2, 0.25) is 0 Å². The second-order valence-corrected chi connectivity index (χ2v) is 5.55. The summed E-state index contributed by atoms with van der Waals surface area (Å²) >= 11 is 0. The lowest BCUT2D eigenvalue weighted by Crippen LogP contribution is -2.20. The van der Waals surface area contributed by atoms with Crippen LogP contribution >= 0.6 is 0 Å². The van der Waals surface area contributed by atoms with Crippen molar-refractivity contribution < 1.29 is 28.5 Å². The molecule has 2 rings (SSSR count). The Labute approximate surface area is 153 Å². The minimum atomic E-state index is -0.557. The van der Waals surface area contributed by atoms with E-state index in [9.17, 15) is 4.79 Å². The summed E-state index contributed by atoms with van der Waals surface area (Å²) in [5, 5.41) is 0. The van der Waals surface area contributed by atoms with E-state index in [2.05, 4.69) is 0 Å². The van der Waals surface area contributed by atoms with Crippen LogP contribution in [0.4, 0.5) is 0 Å². The quantitative estimate of drug-likeness (QED) is 0.640. The van der Waals surface area contributed by atoms with E-state index in [0.717, 1.165) is 16.9 Å². The molecule has 0 aliphatic carbocycles. The zero-order valence-electron chi connectivity index (χ0n) is 15.5. The first-order valence-corrected chi connectivity index (χ1v) is 8.13. The molecule has 0 spiro atoms. The number of hydrogen-bond donors (Lipinski definition) is 0. The van der Waals surface area contributed by atoms with E-state index in [-0.39, 0.29) is 12.6 Å². The summed E-state index contributed by atoms with van der Waals surface area (Å²) in [4.78, 5) is 12.2. The van der Waals surface area contributed by atoms with Crippen molar-refractivity contribution in [1.82, 2.24) is 0 Å². The van der Waals surface area contributed by atoms with Crippen LogP contribution in [-0.2, 0) is 20.9 Å². The van der Waals surface area contributed by atoms with Crippen molar-refractivity contribution in [2.24, 2.45) is 0 Å². The highest BCUT2D eigenvalue weighted by Crippen LogP contribution is 2.31. The van der Waals surface area contributed by atoms with Gasteiger partial charge in [-0.25, -0.2) is 0 Å². The molecule has 0 aliphatic rings. The summed E-state index contributed by atoms with van der Waals surface area (Å²) in [6, 6.07) is 12.9. The van der Waals surface area contributed by atoms with E-state index in [1.165, 1.54) is 7.11 Å². The molecular weight excluding hydrogens is 336 g/mol. The molecular formula is C20H24O6. The van der Waals surface area contributed by atoms with Gasteiger partial charge in [0.05, 0.1) is 41.7 Å². The first-order valence-electron chi connectivity index (χ1n) is 8.13. The number of carbonyl (C=O) groups is 1. The average molecular weight is 360 g/mol. The van der Waals surface area contributed by atoms with Crippen molar-refractivity contribution in [3.05, 3.63) is 53.6 Å². The number of hydrogen-bond acceptors (Lipinski definition) is 6. The van der Waals surface area contributed by atoms with Gasteiger partial charge in [-0.2, -0.15) is 0 Å². The fraction of sp³-hybridized carbons (Fsp3) is 0.350. The van der Waals surface area contributed by atoms with Gasteiger partial charge in [0.15, 0.2) is 11.5 Å². The van der Waals surface area contributed by atoms with Crippen LogP contribution in [-0.4, -0.2) is 41.0 Å². The van der Waals surface area contributed by atoms with Crippen LogP contribution in [0, 0.1) is 0 Å². The normalized spacial score (nSPS) is 11.5. The minimum Gasteiger partial charge on any atom is -0.497 e. The van der Waals surface area contributed by atoms with Gasteiger partial charge in [-0.1, -0.05) is 18.2 Å². The third kappa shape index (κ3) is 4.89. The van der Waals surface area contributed by atoms with E-state index in [1.54, 1.807) is 39.5 Å². The Kier molecular flexibility index (Phi) is 7.29. The third-order valence-electron chi connectivity index (χ3n) is 4.01. The molecule has 0 radical (unpaired) electrons. The van der Waals surface area contributed by atoms with Crippen LogP contribution in [0.15, 0.2) is 42.5 Å². The molecule has 0 saturated carbocycles. The predicted octanol–water partition coefficient (Wildman–Crippen LogP) is 3.19. The molecule has 26 heavy (non-hydrogen) atoms. The Hall–Kier alpha value is -2.73. The number of esters is 1. The summed E-state index contributed by atoms with van der Waals surface area (Å²) in [5.74, 6) is 1.00. The Balaban J connectivity index is 2.08. The van der Waals surface area contributed by atoms with Crippen LogP contribution in [0.25, 0.3) is 0 Å². The Morgan fingerprint density at radius 2 is 1.58 bits per heavy atom. The Morgan fingerprint density at radius 3 is 2.15 bits per heavy atom. The lowest BCUT2D eigenvalue weighted by atomic mass is 9.99. The van der Waals surface area contributed by atoms with Crippen LogP contribution in [0.1, 0.15) is 17.0 Å². The van der Waals surface area contributed by atoms with Gasteiger partial charge < -0.3 is 23.7 Å². The number of carbonyl (C=O) groups excluding carboxylic acids is 1. The second-order valence-electron chi connectivity index (χ2n) is 5.55. The van der Waals surface area contributed by atoms with Crippen LogP contribution in [0.5, 0.6) is 17.2 Å². The molecule has 0 N–H and O–H groups in total. The second kappa shape index (κ2) is 9.68. The van der Waals surface area contributed by atoms with Crippen molar-refractivity contribution in [3.63, 3.8) is 0 Å². The van der Waals surface area contributed by atoms with Gasteiger partial charge in [0, 0.05) is 0 Å². The van der Waals surface area contributed by atoms with E-state index in [0.29, 0.717) is 18.1 Å². The molecule has 0 bridgehead atoms. The SMILES string of the molecule is COC(=O)C(COCc1ccc(OC)cc1)c1ccc(OC)c(OC)c1. The largest absolute Gasteiger partial charge is 0.497 e. The van der Waals surface area contributed by atoms with Gasteiger partial charge in [0.1, 0.15) is 11.7 Å². The Bertz CT molecular complexity index is 711. The summed E-state index contributed by atoms with van der Waals surface area (Å²) < 4.78 is 26.3. The van der Waals surface area contributed by atoms with Gasteiger partial charge >= 0.3 is 5.97 Å². The van der Waals surface area contributed by atoms with Gasteiger partial charge in [-0.05, 0) is 35.4 Å². The van der Waals surface area contributed by atoms with Crippen molar-refractivity contribution in [2.45, 2.75) is 12.5 Å². The van der Waals surface area contributed by atoms with Crippen molar-refractivity contribution in [1.29, 1.82) is 0 Å². The fourth-order valence-corrected chi connectivity index (χ4v) is 2.53. The monoisotopic (exact) mass is 360 g/mol. The van der Waals surface area contributed by atoms with Gasteiger partial charge in [-0.15, -0.1) is 0 Å². The van der Waals surface area contributed by atoms with Crippen molar-refractivity contribution in [3.8, 4) is 17.2 Å². The fourth-order valence-electron chi connectivity index (χ4n) is 2.53. The maximum atomic E-state index is 12.2. The van der Waals surface area contributed by atoms with E-state index in [4.69, 9.17) is 23.7 Å². The first-order chi connectivity index (χ1) is 12.6. The third-order valence-corrected chi connectivity index (χ3v) is 4.01. The molecule has 0 aliphatic heterocycles. The predicted molar refractivity (Wildman–Crippen MR) is 97.0 cm³/mol. The highest BCUT2D eigenvalue weighted by atomic mass is 16.5. The number of ether oxygens (including phenoxy) is 5. The number of benzene rings is 2. The number of methoxy groups -OCH3 is 4. The minimum absolute atomic E-state index is 0.189. The molecule has 140 valence electrons.